The largest absolute Gasteiger partial charge is 0.433 e. The fraction of sp³-hybridized carbons (Fsp3) is 0.429. The lowest BCUT2D eigenvalue weighted by atomic mass is 10.2. The molecule has 1 N–H and O–H groups in total. The first-order valence-corrected chi connectivity index (χ1v) is 6.71. The number of alkyl halides is 3. The third-order valence-electron chi connectivity index (χ3n) is 2.97. The zero-order chi connectivity index (χ0) is 15.5. The second-order valence-electron chi connectivity index (χ2n) is 4.80. The Balaban J connectivity index is 2.42. The molecule has 21 heavy (non-hydrogen) atoms. The van der Waals surface area contributed by atoms with Crippen molar-refractivity contribution in [3.8, 4) is 5.82 Å². The number of aromatic nitrogens is 3. The van der Waals surface area contributed by atoms with Crippen LogP contribution in [0, 0.1) is 6.92 Å². The van der Waals surface area contributed by atoms with Crippen LogP contribution in [0.1, 0.15) is 30.2 Å². The Kier molecular flexibility index (Phi) is 4.62. The maximum atomic E-state index is 13.3. The fourth-order valence-corrected chi connectivity index (χ4v) is 2.02. The molecule has 0 saturated carbocycles. The van der Waals surface area contributed by atoms with Crippen LogP contribution in [0.3, 0.4) is 0 Å². The van der Waals surface area contributed by atoms with Crippen LogP contribution in [-0.4, -0.2) is 21.3 Å². The third kappa shape index (κ3) is 3.60. The van der Waals surface area contributed by atoms with Gasteiger partial charge in [-0.2, -0.15) is 18.3 Å². The summed E-state index contributed by atoms with van der Waals surface area (Å²) in [4.78, 5) is 3.97. The molecule has 2 rings (SSSR count). The van der Waals surface area contributed by atoms with Crippen LogP contribution in [0.4, 0.5) is 13.2 Å². The van der Waals surface area contributed by atoms with E-state index in [0.29, 0.717) is 6.54 Å². The molecule has 0 fully saturated rings. The Labute approximate surface area is 121 Å². The molecular formula is C14H17F3N4. The van der Waals surface area contributed by atoms with Crippen LogP contribution in [0.15, 0.2) is 24.5 Å². The van der Waals surface area contributed by atoms with E-state index in [1.165, 1.54) is 12.4 Å². The topological polar surface area (TPSA) is 42.7 Å². The van der Waals surface area contributed by atoms with Crippen molar-refractivity contribution in [1.29, 1.82) is 0 Å². The molecule has 0 aliphatic rings. The standard InChI is InChI=1S/C14H17F3N4/c1-3-5-18-8-11-9-20-21(13(11)14(15,16)17)12-7-10(2)4-6-19-12/h4,6-7,9,18H,3,5,8H2,1-2H3. The molecule has 0 saturated heterocycles. The summed E-state index contributed by atoms with van der Waals surface area (Å²) in [5, 5.41) is 6.83. The molecule has 0 aromatic carbocycles. The highest BCUT2D eigenvalue weighted by Gasteiger charge is 2.38. The molecular weight excluding hydrogens is 281 g/mol. The summed E-state index contributed by atoms with van der Waals surface area (Å²) in [6.07, 6.45) is -0.906. The van der Waals surface area contributed by atoms with Gasteiger partial charge in [0.05, 0.1) is 6.20 Å². The molecule has 7 heteroatoms. The van der Waals surface area contributed by atoms with Gasteiger partial charge in [-0.3, -0.25) is 0 Å². The van der Waals surface area contributed by atoms with E-state index in [1.807, 2.05) is 6.92 Å². The van der Waals surface area contributed by atoms with Gasteiger partial charge >= 0.3 is 6.18 Å². The summed E-state index contributed by atoms with van der Waals surface area (Å²) in [7, 11) is 0. The van der Waals surface area contributed by atoms with Crippen LogP contribution in [0.2, 0.25) is 0 Å². The molecule has 0 amide bonds. The molecule has 2 heterocycles. The first-order valence-electron chi connectivity index (χ1n) is 6.71. The molecule has 2 aromatic rings. The van der Waals surface area contributed by atoms with E-state index < -0.39 is 11.9 Å². The number of aryl methyl sites for hydroxylation is 1. The number of hydrogen-bond donors (Lipinski definition) is 1. The first-order chi connectivity index (χ1) is 9.93. The Morgan fingerprint density at radius 1 is 1.33 bits per heavy atom. The number of pyridine rings is 1. The molecule has 114 valence electrons. The van der Waals surface area contributed by atoms with Gasteiger partial charge in [0.1, 0.15) is 0 Å². The molecule has 0 unspecified atom stereocenters. The highest BCUT2D eigenvalue weighted by molar-refractivity contribution is 5.33. The molecule has 0 radical (unpaired) electrons. The molecule has 0 bridgehead atoms. The summed E-state index contributed by atoms with van der Waals surface area (Å²) in [5.41, 5.74) is 0.178. The lowest BCUT2D eigenvalue weighted by Crippen LogP contribution is -2.20. The van der Waals surface area contributed by atoms with Crippen molar-refractivity contribution in [2.45, 2.75) is 33.0 Å². The van der Waals surface area contributed by atoms with Crippen LogP contribution < -0.4 is 5.32 Å². The van der Waals surface area contributed by atoms with Gasteiger partial charge in [-0.25, -0.2) is 9.67 Å². The number of rotatable bonds is 5. The quantitative estimate of drug-likeness (QED) is 0.863. The van der Waals surface area contributed by atoms with Crippen molar-refractivity contribution in [2.75, 3.05) is 6.54 Å². The Morgan fingerprint density at radius 2 is 2.10 bits per heavy atom. The summed E-state index contributed by atoms with van der Waals surface area (Å²) in [6.45, 7) is 4.54. The predicted octanol–water partition coefficient (Wildman–Crippen LogP) is 3.09. The Morgan fingerprint density at radius 3 is 2.71 bits per heavy atom. The maximum absolute atomic E-state index is 13.3. The van der Waals surface area contributed by atoms with E-state index >= 15 is 0 Å². The van der Waals surface area contributed by atoms with E-state index in [0.717, 1.165) is 16.7 Å². The average Bonchev–Trinajstić information content (AvgIpc) is 2.83. The Hall–Kier alpha value is -1.89. The summed E-state index contributed by atoms with van der Waals surface area (Å²) in [5.74, 6) is 0.170. The van der Waals surface area contributed by atoms with Gasteiger partial charge < -0.3 is 5.32 Å². The molecule has 0 aliphatic heterocycles. The van der Waals surface area contributed by atoms with Crippen molar-refractivity contribution >= 4 is 0 Å². The van der Waals surface area contributed by atoms with Gasteiger partial charge in [-0.05, 0) is 37.6 Å². The highest BCUT2D eigenvalue weighted by Crippen LogP contribution is 2.33. The number of nitrogens with one attached hydrogen (secondary N) is 1. The SMILES string of the molecule is CCCNCc1cnn(-c2cc(C)ccn2)c1C(F)(F)F. The summed E-state index contributed by atoms with van der Waals surface area (Å²) < 4.78 is 40.8. The van der Waals surface area contributed by atoms with Gasteiger partial charge in [-0.15, -0.1) is 0 Å². The molecule has 0 aliphatic carbocycles. The van der Waals surface area contributed by atoms with Crippen LogP contribution in [-0.2, 0) is 12.7 Å². The number of halogens is 3. The van der Waals surface area contributed by atoms with Gasteiger partial charge in [0.2, 0.25) is 0 Å². The van der Waals surface area contributed by atoms with E-state index in [4.69, 9.17) is 0 Å². The Bertz CT molecular complexity index is 605. The smallest absolute Gasteiger partial charge is 0.313 e. The zero-order valence-electron chi connectivity index (χ0n) is 11.9. The van der Waals surface area contributed by atoms with Crippen molar-refractivity contribution in [1.82, 2.24) is 20.1 Å². The molecule has 0 atom stereocenters. The average molecular weight is 298 g/mol. The monoisotopic (exact) mass is 298 g/mol. The number of nitrogens with zero attached hydrogens (tertiary/aromatic N) is 3. The predicted molar refractivity (Wildman–Crippen MR) is 73.1 cm³/mol. The van der Waals surface area contributed by atoms with E-state index in [-0.39, 0.29) is 17.9 Å². The number of hydrogen-bond acceptors (Lipinski definition) is 3. The van der Waals surface area contributed by atoms with Crippen LogP contribution >= 0.6 is 0 Å². The third-order valence-corrected chi connectivity index (χ3v) is 2.97. The van der Waals surface area contributed by atoms with Crippen molar-refractivity contribution < 1.29 is 13.2 Å². The van der Waals surface area contributed by atoms with Gasteiger partial charge in [0.25, 0.3) is 0 Å². The van der Waals surface area contributed by atoms with E-state index in [9.17, 15) is 13.2 Å². The lowest BCUT2D eigenvalue weighted by molar-refractivity contribution is -0.143. The minimum absolute atomic E-state index is 0.124. The van der Waals surface area contributed by atoms with E-state index in [1.54, 1.807) is 19.1 Å². The molecule has 4 nitrogen and oxygen atoms in total. The van der Waals surface area contributed by atoms with Gasteiger partial charge in [-0.1, -0.05) is 6.92 Å². The minimum Gasteiger partial charge on any atom is -0.313 e. The second kappa shape index (κ2) is 6.26. The van der Waals surface area contributed by atoms with Gasteiger partial charge in [0, 0.05) is 18.3 Å². The highest BCUT2D eigenvalue weighted by atomic mass is 19.4. The normalized spacial score (nSPS) is 11.9. The van der Waals surface area contributed by atoms with Crippen molar-refractivity contribution in [3.63, 3.8) is 0 Å². The molecule has 2 aromatic heterocycles. The van der Waals surface area contributed by atoms with E-state index in [2.05, 4.69) is 15.4 Å². The second-order valence-corrected chi connectivity index (χ2v) is 4.80. The summed E-state index contributed by atoms with van der Waals surface area (Å²) in [6, 6.07) is 3.30. The molecule has 0 spiro atoms. The first kappa shape index (κ1) is 15.5. The van der Waals surface area contributed by atoms with Crippen LogP contribution in [0.25, 0.3) is 5.82 Å². The van der Waals surface area contributed by atoms with Crippen molar-refractivity contribution in [2.24, 2.45) is 0 Å². The van der Waals surface area contributed by atoms with Crippen molar-refractivity contribution in [3.05, 3.63) is 41.3 Å². The summed E-state index contributed by atoms with van der Waals surface area (Å²) >= 11 is 0. The zero-order valence-corrected chi connectivity index (χ0v) is 11.9. The lowest BCUT2D eigenvalue weighted by Gasteiger charge is -2.12. The maximum Gasteiger partial charge on any atom is 0.433 e. The van der Waals surface area contributed by atoms with Crippen LogP contribution in [0.5, 0.6) is 0 Å². The minimum atomic E-state index is -4.48. The fourth-order valence-electron chi connectivity index (χ4n) is 2.02. The van der Waals surface area contributed by atoms with Gasteiger partial charge in [0.15, 0.2) is 11.5 Å².